The predicted molar refractivity (Wildman–Crippen MR) is 59.2 cm³/mol. The lowest BCUT2D eigenvalue weighted by atomic mass is 10.2. The molecular formula is C10H13N3O3. The van der Waals surface area contributed by atoms with Crippen molar-refractivity contribution in [1.29, 1.82) is 0 Å². The molecule has 0 aliphatic rings. The fourth-order valence-electron chi connectivity index (χ4n) is 1.09. The standard InChI is InChI=1S/C10H13N3O3/c1-13(2)12-10(16)11-8-5-3-4-7(6-8)9(14)15/h3-6H,1-2H3,(H,14,15)(H2,11,12,16). The van der Waals surface area contributed by atoms with E-state index in [9.17, 15) is 9.59 Å². The van der Waals surface area contributed by atoms with Gasteiger partial charge in [-0.1, -0.05) is 6.07 Å². The summed E-state index contributed by atoms with van der Waals surface area (Å²) in [5.41, 5.74) is 3.03. The van der Waals surface area contributed by atoms with Gasteiger partial charge in [0.25, 0.3) is 0 Å². The molecule has 0 aliphatic heterocycles. The third-order valence-electron chi connectivity index (χ3n) is 1.69. The van der Waals surface area contributed by atoms with Crippen molar-refractivity contribution in [3.63, 3.8) is 0 Å². The van der Waals surface area contributed by atoms with Gasteiger partial charge in [-0.25, -0.2) is 14.6 Å². The number of carbonyl (C=O) groups is 2. The molecule has 0 aromatic heterocycles. The Morgan fingerprint density at radius 1 is 1.31 bits per heavy atom. The van der Waals surface area contributed by atoms with Crippen LogP contribution < -0.4 is 10.7 Å². The van der Waals surface area contributed by atoms with Gasteiger partial charge in [-0.15, -0.1) is 0 Å². The first kappa shape index (κ1) is 12.0. The molecule has 1 rings (SSSR count). The number of amides is 2. The fourth-order valence-corrected chi connectivity index (χ4v) is 1.09. The van der Waals surface area contributed by atoms with Crippen LogP contribution in [0, 0.1) is 0 Å². The summed E-state index contributed by atoms with van der Waals surface area (Å²) in [4.78, 5) is 22.0. The van der Waals surface area contributed by atoms with Gasteiger partial charge in [-0.2, -0.15) is 0 Å². The van der Waals surface area contributed by atoms with E-state index >= 15 is 0 Å². The number of nitrogens with one attached hydrogen (secondary N) is 2. The lowest BCUT2D eigenvalue weighted by molar-refractivity contribution is 0.0697. The molecule has 0 unspecified atom stereocenters. The van der Waals surface area contributed by atoms with E-state index in [0.29, 0.717) is 5.69 Å². The van der Waals surface area contributed by atoms with Crippen LogP contribution in [0.4, 0.5) is 10.5 Å². The van der Waals surface area contributed by atoms with Gasteiger partial charge in [-0.3, -0.25) is 5.43 Å². The van der Waals surface area contributed by atoms with Gasteiger partial charge in [0.15, 0.2) is 0 Å². The van der Waals surface area contributed by atoms with Crippen molar-refractivity contribution in [1.82, 2.24) is 10.4 Å². The van der Waals surface area contributed by atoms with Crippen molar-refractivity contribution < 1.29 is 14.7 Å². The molecule has 0 bridgehead atoms. The number of rotatable bonds is 3. The topological polar surface area (TPSA) is 81.7 Å². The number of carboxylic acid groups (broad SMARTS) is 1. The predicted octanol–water partition coefficient (Wildman–Crippen LogP) is 0.983. The zero-order valence-electron chi connectivity index (χ0n) is 9.02. The van der Waals surface area contributed by atoms with Crippen LogP contribution in [-0.2, 0) is 0 Å². The molecule has 2 amide bonds. The Morgan fingerprint density at radius 2 is 2.00 bits per heavy atom. The van der Waals surface area contributed by atoms with Crippen LogP contribution in [0.25, 0.3) is 0 Å². The monoisotopic (exact) mass is 223 g/mol. The number of carboxylic acids is 1. The second kappa shape index (κ2) is 5.13. The van der Waals surface area contributed by atoms with Crippen LogP contribution in [0.1, 0.15) is 10.4 Å². The zero-order valence-corrected chi connectivity index (χ0v) is 9.02. The average molecular weight is 223 g/mol. The number of carbonyl (C=O) groups excluding carboxylic acids is 1. The molecule has 3 N–H and O–H groups in total. The van der Waals surface area contributed by atoms with E-state index in [1.54, 1.807) is 26.2 Å². The summed E-state index contributed by atoms with van der Waals surface area (Å²) in [5.74, 6) is -1.03. The Labute approximate surface area is 92.8 Å². The Morgan fingerprint density at radius 3 is 2.56 bits per heavy atom. The van der Waals surface area contributed by atoms with E-state index in [4.69, 9.17) is 5.11 Å². The summed E-state index contributed by atoms with van der Waals surface area (Å²) < 4.78 is 0. The largest absolute Gasteiger partial charge is 0.478 e. The number of hydrogen-bond acceptors (Lipinski definition) is 3. The quantitative estimate of drug-likeness (QED) is 0.667. The number of hydrazine groups is 1. The van der Waals surface area contributed by atoms with E-state index in [1.807, 2.05) is 0 Å². The normalized spacial score (nSPS) is 9.94. The second-order valence-corrected chi connectivity index (χ2v) is 3.35. The van der Waals surface area contributed by atoms with Gasteiger partial charge in [0.1, 0.15) is 0 Å². The zero-order chi connectivity index (χ0) is 12.1. The minimum atomic E-state index is -1.03. The molecule has 0 atom stereocenters. The second-order valence-electron chi connectivity index (χ2n) is 3.35. The minimum absolute atomic E-state index is 0.127. The molecule has 0 saturated heterocycles. The Balaban J connectivity index is 2.70. The molecule has 0 radical (unpaired) electrons. The highest BCUT2D eigenvalue weighted by atomic mass is 16.4. The molecule has 0 spiro atoms. The van der Waals surface area contributed by atoms with Crippen molar-refractivity contribution in [2.45, 2.75) is 0 Å². The smallest absolute Gasteiger partial charge is 0.335 e. The van der Waals surface area contributed by atoms with Crippen molar-refractivity contribution in [2.24, 2.45) is 0 Å². The first-order valence-corrected chi connectivity index (χ1v) is 4.57. The number of benzene rings is 1. The molecule has 1 aromatic carbocycles. The summed E-state index contributed by atoms with van der Waals surface area (Å²) in [6, 6.07) is 5.60. The van der Waals surface area contributed by atoms with Crippen molar-refractivity contribution in [3.05, 3.63) is 29.8 Å². The number of anilines is 1. The maximum Gasteiger partial charge on any atom is 0.335 e. The highest BCUT2D eigenvalue weighted by Crippen LogP contribution is 2.10. The van der Waals surface area contributed by atoms with E-state index in [2.05, 4.69) is 10.7 Å². The first-order valence-electron chi connectivity index (χ1n) is 4.57. The average Bonchev–Trinajstić information content (AvgIpc) is 2.16. The van der Waals surface area contributed by atoms with Crippen LogP contribution in [0.2, 0.25) is 0 Å². The molecule has 0 aliphatic carbocycles. The highest BCUT2D eigenvalue weighted by Gasteiger charge is 2.05. The SMILES string of the molecule is CN(C)NC(=O)Nc1cccc(C(=O)O)c1. The van der Waals surface area contributed by atoms with Gasteiger partial charge in [0.05, 0.1) is 5.56 Å². The molecule has 1 aromatic rings. The Bertz CT molecular complexity index is 404. The van der Waals surface area contributed by atoms with Gasteiger partial charge >= 0.3 is 12.0 Å². The van der Waals surface area contributed by atoms with Crippen LogP contribution in [0.15, 0.2) is 24.3 Å². The maximum atomic E-state index is 11.3. The molecular weight excluding hydrogens is 210 g/mol. The third kappa shape index (κ3) is 3.58. The highest BCUT2D eigenvalue weighted by molar-refractivity contribution is 5.92. The van der Waals surface area contributed by atoms with E-state index < -0.39 is 12.0 Å². The third-order valence-corrected chi connectivity index (χ3v) is 1.69. The fraction of sp³-hybridized carbons (Fsp3) is 0.200. The lowest BCUT2D eigenvalue weighted by Crippen LogP contribution is -2.39. The van der Waals surface area contributed by atoms with Crippen molar-refractivity contribution >= 4 is 17.7 Å². The van der Waals surface area contributed by atoms with Gasteiger partial charge < -0.3 is 10.4 Å². The maximum absolute atomic E-state index is 11.3. The van der Waals surface area contributed by atoms with Crippen molar-refractivity contribution in [3.8, 4) is 0 Å². The van der Waals surface area contributed by atoms with Gasteiger partial charge in [-0.05, 0) is 18.2 Å². The van der Waals surface area contributed by atoms with E-state index in [-0.39, 0.29) is 5.56 Å². The summed E-state index contributed by atoms with van der Waals surface area (Å²) >= 11 is 0. The van der Waals surface area contributed by atoms with Gasteiger partial charge in [0.2, 0.25) is 0 Å². The molecule has 16 heavy (non-hydrogen) atoms. The summed E-state index contributed by atoms with van der Waals surface area (Å²) in [7, 11) is 3.35. The summed E-state index contributed by atoms with van der Waals surface area (Å²) in [6.45, 7) is 0. The Kier molecular flexibility index (Phi) is 3.84. The molecule has 6 heteroatoms. The van der Waals surface area contributed by atoms with Crippen LogP contribution >= 0.6 is 0 Å². The van der Waals surface area contributed by atoms with E-state index in [0.717, 1.165) is 0 Å². The number of aromatic carboxylic acids is 1. The van der Waals surface area contributed by atoms with E-state index in [1.165, 1.54) is 17.1 Å². The first-order chi connectivity index (χ1) is 7.49. The molecule has 0 fully saturated rings. The van der Waals surface area contributed by atoms with Crippen LogP contribution in [0.5, 0.6) is 0 Å². The number of hydrogen-bond donors (Lipinski definition) is 3. The Hall–Kier alpha value is -2.08. The van der Waals surface area contributed by atoms with Crippen molar-refractivity contribution in [2.75, 3.05) is 19.4 Å². The van der Waals surface area contributed by atoms with Gasteiger partial charge in [0, 0.05) is 19.8 Å². The summed E-state index contributed by atoms with van der Waals surface area (Å²) in [5, 5.41) is 12.7. The molecule has 86 valence electrons. The number of nitrogens with zero attached hydrogens (tertiary/aromatic N) is 1. The molecule has 0 saturated carbocycles. The lowest BCUT2D eigenvalue weighted by Gasteiger charge is -2.12. The molecule has 0 heterocycles. The summed E-state index contributed by atoms with van der Waals surface area (Å²) in [6.07, 6.45) is 0. The minimum Gasteiger partial charge on any atom is -0.478 e. The number of urea groups is 1. The van der Waals surface area contributed by atoms with Crippen LogP contribution in [0.3, 0.4) is 0 Å². The molecule has 6 nitrogen and oxygen atoms in total. The van der Waals surface area contributed by atoms with Crippen LogP contribution in [-0.4, -0.2) is 36.2 Å².